The summed E-state index contributed by atoms with van der Waals surface area (Å²) in [5, 5.41) is 4.42. The van der Waals surface area contributed by atoms with E-state index in [9.17, 15) is 92.2 Å². The fraction of sp³-hybridized carbons (Fsp3) is 0. The highest BCUT2D eigenvalue weighted by atomic mass is 32.2. The molecule has 5 aromatic rings. The van der Waals surface area contributed by atoms with Crippen molar-refractivity contribution in [2.24, 2.45) is 0 Å². The number of nitrogens with two attached hydrogens (primary N) is 1. The summed E-state index contributed by atoms with van der Waals surface area (Å²) < 4.78 is 204. The lowest BCUT2D eigenvalue weighted by molar-refractivity contribution is 0.101. The van der Waals surface area contributed by atoms with Gasteiger partial charge in [-0.3, -0.25) is 41.7 Å². The van der Waals surface area contributed by atoms with Gasteiger partial charge in [-0.2, -0.15) is 50.5 Å². The van der Waals surface area contributed by atoms with Crippen LogP contribution in [0.5, 0.6) is 0 Å². The van der Waals surface area contributed by atoms with Crippen LogP contribution in [0.25, 0.3) is 10.8 Å². The molecule has 330 valence electrons. The topological polar surface area (TPSA) is 440 Å². The molecule has 0 bridgehead atoms. The van der Waals surface area contributed by atoms with Crippen LogP contribution in [0.1, 0.15) is 31.1 Å². The van der Waals surface area contributed by atoms with Crippen LogP contribution in [0.2, 0.25) is 0 Å². The smallest absolute Gasteiger partial charge is 0.295 e. The van der Waals surface area contributed by atoms with Crippen molar-refractivity contribution in [3.63, 3.8) is 0 Å². The number of rotatable bonds is 12. The van der Waals surface area contributed by atoms with E-state index in [-0.39, 0.29) is 11.8 Å². The lowest BCUT2D eigenvalue weighted by atomic mass is 10.1. The Morgan fingerprint density at radius 3 is 1.15 bits per heavy atom. The number of fused-ring (bicyclic) bond motifs is 1. The third kappa shape index (κ3) is 10.4. The molecule has 5 aromatic carbocycles. The molecule has 0 spiro atoms. The highest BCUT2D eigenvalue weighted by Gasteiger charge is 2.29. The molecule has 0 atom stereocenters. The van der Waals surface area contributed by atoms with E-state index in [1.54, 1.807) is 0 Å². The van der Waals surface area contributed by atoms with Crippen molar-refractivity contribution in [2.45, 2.75) is 29.4 Å². The first-order chi connectivity index (χ1) is 28.2. The Hall–Kier alpha value is -5.97. The molecule has 5 rings (SSSR count). The molecule has 0 heterocycles. The normalized spacial score (nSPS) is 12.7. The molecule has 11 N–H and O–H groups in total. The number of benzene rings is 5. The van der Waals surface area contributed by atoms with Crippen LogP contribution in [0.3, 0.4) is 0 Å². The van der Waals surface area contributed by atoms with Crippen LogP contribution < -0.4 is 21.7 Å². The molecule has 0 aromatic heterocycles. The third-order valence-corrected chi connectivity index (χ3v) is 13.4. The zero-order chi connectivity index (χ0) is 46.7. The third-order valence-electron chi connectivity index (χ3n) is 8.13. The van der Waals surface area contributed by atoms with Gasteiger partial charge in [-0.25, -0.2) is 0 Å². The number of carbonyl (C=O) groups excluding carboxylic acids is 3. The van der Waals surface area contributed by atoms with E-state index in [4.69, 9.17) is 5.73 Å². The molecule has 31 heteroatoms. The Morgan fingerprint density at radius 2 is 0.758 bits per heavy atom. The lowest BCUT2D eigenvalue weighted by Crippen LogP contribution is -2.20. The van der Waals surface area contributed by atoms with Crippen LogP contribution in [-0.2, 0) is 60.7 Å². The number of anilines is 4. The van der Waals surface area contributed by atoms with Gasteiger partial charge < -0.3 is 21.7 Å². The molecule has 0 aliphatic rings. The molecular weight excluding hydrogens is 957 g/mol. The standard InChI is InChI=1S/C31H24N4O21S6/c32-15-1-4-20(24(9-15)59(45,46)47)29(36)33-16-2-5-21(25(10-16)60(48,49)50)30(37)34-17-3-6-22(26(11-17)61(51,52)53)31(38)35-23-12-18(57(39,40)41)7-14-8-19(58(42,43)44)13-27(28(14)23)62(54,55)56/h1-13H,32H2,(H,33,36)(H,34,37)(H,35,38)(H,39,40,41)(H,42,43,44)(H,45,46,47)(H,48,49,50)(H,51,52,53)(H,54,55,56). The SMILES string of the molecule is Nc1ccc(C(=O)Nc2ccc(C(=O)Nc3ccc(C(=O)Nc4cc(S(=O)(=O)O)cc5cc(S(=O)(=O)O)cc(S(=O)(=O)O)c45)c(S(=O)(=O)O)c3)c(S(=O)(=O)O)c2)c(S(=O)(=O)O)c1. The predicted molar refractivity (Wildman–Crippen MR) is 210 cm³/mol. The van der Waals surface area contributed by atoms with Gasteiger partial charge in [-0.05, 0) is 84.2 Å². The van der Waals surface area contributed by atoms with Crippen molar-refractivity contribution in [3.8, 4) is 0 Å². The first-order valence-electron chi connectivity index (χ1n) is 15.7. The van der Waals surface area contributed by atoms with E-state index in [2.05, 4.69) is 5.32 Å². The predicted octanol–water partition coefficient (Wildman–Crippen LogP) is 1.66. The highest BCUT2D eigenvalue weighted by molar-refractivity contribution is 7.87. The molecule has 3 amide bonds. The molecule has 0 aliphatic carbocycles. The number of nitrogens with one attached hydrogen (secondary N) is 3. The fourth-order valence-corrected chi connectivity index (χ4v) is 9.63. The van der Waals surface area contributed by atoms with Crippen molar-refractivity contribution >= 4 is 112 Å². The van der Waals surface area contributed by atoms with E-state index in [1.807, 2.05) is 10.6 Å². The molecule has 0 radical (unpaired) electrons. The maximum absolute atomic E-state index is 13.6. The highest BCUT2D eigenvalue weighted by Crippen LogP contribution is 2.36. The van der Waals surface area contributed by atoms with Gasteiger partial charge in [0.15, 0.2) is 0 Å². The Balaban J connectivity index is 1.54. The van der Waals surface area contributed by atoms with E-state index in [0.29, 0.717) is 36.4 Å². The van der Waals surface area contributed by atoms with Crippen LogP contribution in [0, 0.1) is 0 Å². The molecular formula is C31H24N4O21S6. The average molecular weight is 981 g/mol. The molecule has 0 aliphatic heterocycles. The van der Waals surface area contributed by atoms with Gasteiger partial charge in [0, 0.05) is 22.4 Å². The Labute approximate surface area is 349 Å². The second kappa shape index (κ2) is 16.1. The van der Waals surface area contributed by atoms with Crippen LogP contribution in [0.15, 0.2) is 108 Å². The molecule has 0 fully saturated rings. The van der Waals surface area contributed by atoms with Crippen molar-refractivity contribution in [1.82, 2.24) is 0 Å². The van der Waals surface area contributed by atoms with E-state index in [1.165, 1.54) is 0 Å². The molecule has 0 saturated heterocycles. The lowest BCUT2D eigenvalue weighted by Gasteiger charge is -2.16. The summed E-state index contributed by atoms with van der Waals surface area (Å²) >= 11 is 0. The number of hydrogen-bond donors (Lipinski definition) is 10. The summed E-state index contributed by atoms with van der Waals surface area (Å²) in [7, 11) is -32.0. The summed E-state index contributed by atoms with van der Waals surface area (Å²) in [6.45, 7) is 0. The zero-order valence-electron chi connectivity index (χ0n) is 29.8. The Bertz CT molecular complexity index is 3500. The summed E-state index contributed by atoms with van der Waals surface area (Å²) in [4.78, 5) is 32.6. The van der Waals surface area contributed by atoms with Gasteiger partial charge >= 0.3 is 0 Å². The van der Waals surface area contributed by atoms with Gasteiger partial charge in [0.05, 0.1) is 32.2 Å². The zero-order valence-corrected chi connectivity index (χ0v) is 34.7. The maximum Gasteiger partial charge on any atom is 0.295 e. The van der Waals surface area contributed by atoms with E-state index in [0.717, 1.165) is 36.4 Å². The number of amides is 3. The second-order valence-electron chi connectivity index (χ2n) is 12.4. The summed E-state index contributed by atoms with van der Waals surface area (Å²) in [6, 6.07) is 8.26. The molecule has 0 saturated carbocycles. The molecule has 0 unspecified atom stereocenters. The average Bonchev–Trinajstić information content (AvgIpc) is 3.11. The van der Waals surface area contributed by atoms with Gasteiger partial charge in [0.1, 0.15) is 19.6 Å². The summed E-state index contributed by atoms with van der Waals surface area (Å²) in [5.41, 5.74) is 0.697. The van der Waals surface area contributed by atoms with E-state index >= 15 is 0 Å². The first kappa shape index (κ1) is 47.1. The molecule has 62 heavy (non-hydrogen) atoms. The van der Waals surface area contributed by atoms with Crippen LogP contribution in [-0.4, -0.2) is 95.5 Å². The van der Waals surface area contributed by atoms with Gasteiger partial charge in [-0.1, -0.05) is 0 Å². The largest absolute Gasteiger partial charge is 0.399 e. The number of hydrogen-bond acceptors (Lipinski definition) is 16. The minimum absolute atomic E-state index is 0.171. The number of carbonyl (C=O) groups is 3. The first-order valence-corrected chi connectivity index (χ1v) is 24.4. The van der Waals surface area contributed by atoms with Gasteiger partial charge in [0.25, 0.3) is 78.4 Å². The van der Waals surface area contributed by atoms with Crippen LogP contribution in [0.4, 0.5) is 22.7 Å². The summed E-state index contributed by atoms with van der Waals surface area (Å²) in [6.07, 6.45) is 0. The quantitative estimate of drug-likeness (QED) is 0.0627. The monoisotopic (exact) mass is 980 g/mol. The minimum atomic E-state index is -5.52. The van der Waals surface area contributed by atoms with Crippen molar-refractivity contribution in [1.29, 1.82) is 0 Å². The fourth-order valence-electron chi connectivity index (χ4n) is 5.55. The Kier molecular flexibility index (Phi) is 12.2. The second-order valence-corrected chi connectivity index (χ2v) is 20.8. The van der Waals surface area contributed by atoms with Crippen LogP contribution >= 0.6 is 0 Å². The Morgan fingerprint density at radius 1 is 0.403 bits per heavy atom. The van der Waals surface area contributed by atoms with Crippen molar-refractivity contribution in [2.75, 3.05) is 21.7 Å². The van der Waals surface area contributed by atoms with Crippen molar-refractivity contribution in [3.05, 3.63) is 95.6 Å². The van der Waals surface area contributed by atoms with E-state index < -0.39 is 152 Å². The minimum Gasteiger partial charge on any atom is -0.399 e. The number of nitrogen functional groups attached to an aromatic ring is 1. The molecule has 25 nitrogen and oxygen atoms in total. The van der Waals surface area contributed by atoms with Gasteiger partial charge in [-0.15, -0.1) is 0 Å². The summed E-state index contributed by atoms with van der Waals surface area (Å²) in [5.74, 6) is -4.31. The van der Waals surface area contributed by atoms with Crippen molar-refractivity contribution < 1.29 is 92.2 Å². The maximum atomic E-state index is 13.6. The van der Waals surface area contributed by atoms with Gasteiger partial charge in [0.2, 0.25) is 0 Å².